The number of carbonyl (C=O) groups is 1. The topological polar surface area (TPSA) is 17.1 Å². The summed E-state index contributed by atoms with van der Waals surface area (Å²) in [6.45, 7) is 0. The van der Waals surface area contributed by atoms with Crippen LogP contribution in [0.5, 0.6) is 0 Å². The summed E-state index contributed by atoms with van der Waals surface area (Å²) in [5.41, 5.74) is 0. The Labute approximate surface area is 98.2 Å². The molecule has 1 aliphatic rings. The smallest absolute Gasteiger partial charge is 0.299 e. The number of thioether (sulfide) groups is 1. The molecule has 0 bridgehead atoms. The van der Waals surface area contributed by atoms with Gasteiger partial charge in [-0.05, 0) is 37.7 Å². The number of rotatable bonds is 4. The quantitative estimate of drug-likeness (QED) is 0.761. The van der Waals surface area contributed by atoms with Gasteiger partial charge in [-0.2, -0.15) is 24.9 Å². The Bertz CT molecular complexity index is 232. The van der Waals surface area contributed by atoms with Gasteiger partial charge in [0.15, 0.2) is 0 Å². The van der Waals surface area contributed by atoms with Crippen molar-refractivity contribution in [3.05, 3.63) is 0 Å². The molecule has 1 fully saturated rings. The van der Waals surface area contributed by atoms with Gasteiger partial charge >= 0.3 is 6.18 Å². The zero-order chi connectivity index (χ0) is 12.2. The lowest BCUT2D eigenvalue weighted by Crippen LogP contribution is -2.30. The second-order valence-electron chi connectivity index (χ2n) is 4.30. The Morgan fingerprint density at radius 1 is 1.25 bits per heavy atom. The Morgan fingerprint density at radius 3 is 2.25 bits per heavy atom. The fourth-order valence-corrected chi connectivity index (χ4v) is 2.55. The van der Waals surface area contributed by atoms with E-state index in [2.05, 4.69) is 0 Å². The number of carbonyl (C=O) groups excluding carboxylic acids is 1. The van der Waals surface area contributed by atoms with Crippen molar-refractivity contribution in [2.45, 2.75) is 38.3 Å². The lowest BCUT2D eigenvalue weighted by molar-refractivity contribution is -0.184. The predicted octanol–water partition coefficient (Wildman–Crippen LogP) is 3.68. The summed E-state index contributed by atoms with van der Waals surface area (Å²) in [6, 6.07) is 0. The first kappa shape index (κ1) is 13.9. The summed E-state index contributed by atoms with van der Waals surface area (Å²) < 4.78 is 37.2. The second-order valence-corrected chi connectivity index (χ2v) is 5.28. The van der Waals surface area contributed by atoms with Crippen molar-refractivity contribution in [1.29, 1.82) is 0 Å². The molecule has 16 heavy (non-hydrogen) atoms. The van der Waals surface area contributed by atoms with E-state index in [4.69, 9.17) is 0 Å². The maximum atomic E-state index is 12.4. The first-order valence-corrected chi connectivity index (χ1v) is 6.93. The van der Waals surface area contributed by atoms with Crippen molar-refractivity contribution in [2.75, 3.05) is 12.0 Å². The maximum absolute atomic E-state index is 12.4. The van der Waals surface area contributed by atoms with Gasteiger partial charge in [0.2, 0.25) is 0 Å². The van der Waals surface area contributed by atoms with E-state index >= 15 is 0 Å². The lowest BCUT2D eigenvalue weighted by atomic mass is 9.79. The summed E-state index contributed by atoms with van der Waals surface area (Å²) in [5.74, 6) is -0.379. The molecule has 1 rings (SSSR count). The van der Waals surface area contributed by atoms with Crippen molar-refractivity contribution < 1.29 is 18.0 Å². The zero-order valence-electron chi connectivity index (χ0n) is 9.35. The van der Waals surface area contributed by atoms with Crippen LogP contribution in [0.15, 0.2) is 0 Å². The van der Waals surface area contributed by atoms with E-state index < -0.39 is 12.1 Å². The fourth-order valence-electron chi connectivity index (χ4n) is 2.15. The van der Waals surface area contributed by atoms with Crippen molar-refractivity contribution >= 4 is 17.5 Å². The molecule has 0 atom stereocenters. The van der Waals surface area contributed by atoms with Gasteiger partial charge in [-0.3, -0.25) is 4.79 Å². The highest BCUT2D eigenvalue weighted by atomic mass is 32.2. The third-order valence-electron chi connectivity index (χ3n) is 3.20. The molecule has 0 aromatic carbocycles. The van der Waals surface area contributed by atoms with Crippen LogP contribution in [-0.2, 0) is 4.79 Å². The Hall–Kier alpha value is -0.190. The Balaban J connectivity index is 2.34. The molecule has 0 aliphatic heterocycles. The van der Waals surface area contributed by atoms with Crippen LogP contribution in [0.1, 0.15) is 32.1 Å². The average molecular weight is 254 g/mol. The molecule has 94 valence electrons. The highest BCUT2D eigenvalue weighted by Gasteiger charge is 2.42. The third kappa shape index (κ3) is 4.00. The van der Waals surface area contributed by atoms with Gasteiger partial charge in [0, 0.05) is 12.3 Å². The molecule has 0 unspecified atom stereocenters. The molecular weight excluding hydrogens is 237 g/mol. The molecule has 0 N–H and O–H groups in total. The number of hydrogen-bond acceptors (Lipinski definition) is 2. The number of alkyl halides is 3. The SMILES string of the molecule is CSCCC(=O)C1CCC(C(F)(F)F)CC1. The molecule has 1 nitrogen and oxygen atoms in total. The summed E-state index contributed by atoms with van der Waals surface area (Å²) >= 11 is 1.60. The first-order valence-electron chi connectivity index (χ1n) is 5.53. The highest BCUT2D eigenvalue weighted by molar-refractivity contribution is 7.98. The van der Waals surface area contributed by atoms with Crippen molar-refractivity contribution in [3.8, 4) is 0 Å². The predicted molar refractivity (Wildman–Crippen MR) is 59.5 cm³/mol. The minimum Gasteiger partial charge on any atom is -0.299 e. The van der Waals surface area contributed by atoms with E-state index in [0.29, 0.717) is 19.3 Å². The minimum atomic E-state index is -4.08. The number of Topliss-reactive ketones (excluding diaryl/α,β-unsaturated/α-hetero) is 1. The molecule has 1 aliphatic carbocycles. The summed E-state index contributed by atoms with van der Waals surface area (Å²) in [6.07, 6.45) is -0.573. The molecule has 0 saturated heterocycles. The van der Waals surface area contributed by atoms with Gasteiger partial charge in [-0.1, -0.05) is 0 Å². The second kappa shape index (κ2) is 5.94. The minimum absolute atomic E-state index is 0.120. The van der Waals surface area contributed by atoms with E-state index in [1.807, 2.05) is 6.26 Å². The monoisotopic (exact) mass is 254 g/mol. The normalized spacial score (nSPS) is 26.8. The molecule has 0 heterocycles. The van der Waals surface area contributed by atoms with E-state index in [0.717, 1.165) is 5.75 Å². The number of hydrogen-bond donors (Lipinski definition) is 0. The van der Waals surface area contributed by atoms with Crippen LogP contribution in [-0.4, -0.2) is 24.0 Å². The third-order valence-corrected chi connectivity index (χ3v) is 3.81. The average Bonchev–Trinajstić information content (AvgIpc) is 2.25. The molecule has 0 spiro atoms. The van der Waals surface area contributed by atoms with E-state index in [9.17, 15) is 18.0 Å². The lowest BCUT2D eigenvalue weighted by Gasteiger charge is -2.29. The summed E-state index contributed by atoms with van der Waals surface area (Å²) in [4.78, 5) is 11.6. The Kier molecular flexibility index (Phi) is 5.15. The van der Waals surface area contributed by atoms with Crippen LogP contribution in [0.25, 0.3) is 0 Å². The maximum Gasteiger partial charge on any atom is 0.391 e. The highest BCUT2D eigenvalue weighted by Crippen LogP contribution is 2.39. The van der Waals surface area contributed by atoms with Gasteiger partial charge in [0.05, 0.1) is 5.92 Å². The van der Waals surface area contributed by atoms with Crippen LogP contribution >= 0.6 is 11.8 Å². The molecule has 0 radical (unpaired) electrons. The van der Waals surface area contributed by atoms with Crippen LogP contribution < -0.4 is 0 Å². The van der Waals surface area contributed by atoms with Crippen molar-refractivity contribution in [1.82, 2.24) is 0 Å². The van der Waals surface area contributed by atoms with Crippen molar-refractivity contribution in [3.63, 3.8) is 0 Å². The van der Waals surface area contributed by atoms with E-state index in [1.54, 1.807) is 11.8 Å². The van der Waals surface area contributed by atoms with Crippen LogP contribution in [0, 0.1) is 11.8 Å². The largest absolute Gasteiger partial charge is 0.391 e. The van der Waals surface area contributed by atoms with Crippen LogP contribution in [0.3, 0.4) is 0 Å². The summed E-state index contributed by atoms with van der Waals surface area (Å²) in [7, 11) is 0. The molecule has 5 heteroatoms. The van der Waals surface area contributed by atoms with Gasteiger partial charge in [0.1, 0.15) is 5.78 Å². The van der Waals surface area contributed by atoms with E-state index in [-0.39, 0.29) is 24.5 Å². The standard InChI is InChI=1S/C11H17F3OS/c1-16-7-6-10(15)8-2-4-9(5-3-8)11(12,13)14/h8-9H,2-7H2,1H3. The fraction of sp³-hybridized carbons (Fsp3) is 0.909. The summed E-state index contributed by atoms with van der Waals surface area (Å²) in [5, 5.41) is 0. The van der Waals surface area contributed by atoms with Crippen LogP contribution in [0.4, 0.5) is 13.2 Å². The van der Waals surface area contributed by atoms with Gasteiger partial charge in [0.25, 0.3) is 0 Å². The number of ketones is 1. The molecule has 0 aromatic rings. The van der Waals surface area contributed by atoms with Crippen molar-refractivity contribution in [2.24, 2.45) is 11.8 Å². The number of halogens is 3. The first-order chi connectivity index (χ1) is 7.45. The van der Waals surface area contributed by atoms with Gasteiger partial charge in [-0.25, -0.2) is 0 Å². The van der Waals surface area contributed by atoms with Crippen LogP contribution in [0.2, 0.25) is 0 Å². The molecule has 0 amide bonds. The van der Waals surface area contributed by atoms with E-state index in [1.165, 1.54) is 0 Å². The zero-order valence-corrected chi connectivity index (χ0v) is 10.2. The molecule has 0 aromatic heterocycles. The molecule has 1 saturated carbocycles. The Morgan fingerprint density at radius 2 is 1.81 bits per heavy atom. The molecular formula is C11H17F3OS. The van der Waals surface area contributed by atoms with Gasteiger partial charge in [-0.15, -0.1) is 0 Å². The van der Waals surface area contributed by atoms with Gasteiger partial charge < -0.3 is 0 Å².